The molecule has 1 fully saturated rings. The average Bonchev–Trinajstić information content (AvgIpc) is 2.75. The highest BCUT2D eigenvalue weighted by Gasteiger charge is 2.30. The highest BCUT2D eigenvalue weighted by Crippen LogP contribution is 2.30. The first kappa shape index (κ1) is 17.7. The van der Waals surface area contributed by atoms with Gasteiger partial charge < -0.3 is 4.90 Å². The summed E-state index contributed by atoms with van der Waals surface area (Å²) in [6.45, 7) is 2.15. The molecule has 5 nitrogen and oxygen atoms in total. The summed E-state index contributed by atoms with van der Waals surface area (Å²) in [5.74, 6) is 0.888. The van der Waals surface area contributed by atoms with Crippen LogP contribution in [0.5, 0.6) is 0 Å². The van der Waals surface area contributed by atoms with Gasteiger partial charge in [-0.2, -0.15) is 4.31 Å². The van der Waals surface area contributed by atoms with E-state index in [0.717, 1.165) is 16.9 Å². The molecule has 1 saturated heterocycles. The van der Waals surface area contributed by atoms with Gasteiger partial charge in [0.25, 0.3) is 0 Å². The van der Waals surface area contributed by atoms with Crippen LogP contribution in [0.15, 0.2) is 83.9 Å². The van der Waals surface area contributed by atoms with Gasteiger partial charge in [0.15, 0.2) is 0 Å². The minimum atomic E-state index is -3.56. The summed E-state index contributed by atoms with van der Waals surface area (Å²) in [4.78, 5) is 6.84. The molecule has 2 aromatic carbocycles. The standard InChI is InChI=1S/C21H21N3O2S/c25-27(26,20-11-5-4-10-19(20)18-8-2-1-3-9-18)24-16-14-23(15-17-24)21-12-6-7-13-22-21/h1-13H,14-17H2. The van der Waals surface area contributed by atoms with Gasteiger partial charge in [0.2, 0.25) is 10.0 Å². The molecule has 0 amide bonds. The molecular weight excluding hydrogens is 358 g/mol. The monoisotopic (exact) mass is 379 g/mol. The van der Waals surface area contributed by atoms with E-state index in [-0.39, 0.29) is 0 Å². The van der Waals surface area contributed by atoms with E-state index in [0.29, 0.717) is 31.1 Å². The van der Waals surface area contributed by atoms with Crippen molar-refractivity contribution in [3.63, 3.8) is 0 Å². The van der Waals surface area contributed by atoms with Gasteiger partial charge in [-0.15, -0.1) is 0 Å². The third kappa shape index (κ3) is 3.59. The zero-order valence-corrected chi connectivity index (χ0v) is 15.7. The van der Waals surface area contributed by atoms with Crippen molar-refractivity contribution in [1.82, 2.24) is 9.29 Å². The molecular formula is C21H21N3O2S. The molecule has 138 valence electrons. The second-order valence-corrected chi connectivity index (χ2v) is 8.35. The fourth-order valence-electron chi connectivity index (χ4n) is 3.39. The first-order valence-electron chi connectivity index (χ1n) is 8.97. The molecule has 0 atom stereocenters. The summed E-state index contributed by atoms with van der Waals surface area (Å²) in [6, 6.07) is 22.6. The Morgan fingerprint density at radius 1 is 0.741 bits per heavy atom. The Hall–Kier alpha value is -2.70. The molecule has 0 N–H and O–H groups in total. The molecule has 0 bridgehead atoms. The van der Waals surface area contributed by atoms with E-state index >= 15 is 0 Å². The van der Waals surface area contributed by atoms with Crippen LogP contribution in [0.3, 0.4) is 0 Å². The summed E-state index contributed by atoms with van der Waals surface area (Å²) >= 11 is 0. The van der Waals surface area contributed by atoms with Gasteiger partial charge in [-0.25, -0.2) is 13.4 Å². The first-order chi connectivity index (χ1) is 13.2. The molecule has 4 rings (SSSR count). The largest absolute Gasteiger partial charge is 0.354 e. The Labute approximate surface area is 159 Å². The maximum Gasteiger partial charge on any atom is 0.243 e. The maximum absolute atomic E-state index is 13.3. The predicted octanol–water partition coefficient (Wildman–Crippen LogP) is 3.26. The number of benzene rings is 2. The predicted molar refractivity (Wildman–Crippen MR) is 107 cm³/mol. The topological polar surface area (TPSA) is 53.5 Å². The van der Waals surface area contributed by atoms with Gasteiger partial charge in [-0.05, 0) is 23.8 Å². The Bertz CT molecular complexity index is 1000. The van der Waals surface area contributed by atoms with Crippen molar-refractivity contribution >= 4 is 15.8 Å². The number of aromatic nitrogens is 1. The zero-order valence-electron chi connectivity index (χ0n) is 14.9. The van der Waals surface area contributed by atoms with Crippen molar-refractivity contribution in [1.29, 1.82) is 0 Å². The summed E-state index contributed by atoms with van der Waals surface area (Å²) < 4.78 is 28.2. The highest BCUT2D eigenvalue weighted by atomic mass is 32.2. The van der Waals surface area contributed by atoms with Crippen LogP contribution in [0.4, 0.5) is 5.82 Å². The van der Waals surface area contributed by atoms with Crippen molar-refractivity contribution in [2.24, 2.45) is 0 Å². The second kappa shape index (κ2) is 7.50. The lowest BCUT2D eigenvalue weighted by Crippen LogP contribution is -2.49. The molecule has 3 aromatic rings. The Balaban J connectivity index is 1.59. The number of rotatable bonds is 4. The number of hydrogen-bond acceptors (Lipinski definition) is 4. The molecule has 27 heavy (non-hydrogen) atoms. The molecule has 2 heterocycles. The molecule has 0 saturated carbocycles. The van der Waals surface area contributed by atoms with Crippen LogP contribution in [-0.2, 0) is 10.0 Å². The zero-order chi connectivity index (χ0) is 18.7. The summed E-state index contributed by atoms with van der Waals surface area (Å²) in [5.41, 5.74) is 1.65. The van der Waals surface area contributed by atoms with Crippen molar-refractivity contribution in [3.05, 3.63) is 79.0 Å². The van der Waals surface area contributed by atoms with Crippen LogP contribution < -0.4 is 4.90 Å². The van der Waals surface area contributed by atoms with Gasteiger partial charge in [-0.1, -0.05) is 54.6 Å². The molecule has 6 heteroatoms. The van der Waals surface area contributed by atoms with Crippen LogP contribution in [0.25, 0.3) is 11.1 Å². The number of nitrogens with zero attached hydrogens (tertiary/aromatic N) is 3. The minimum absolute atomic E-state index is 0.363. The summed E-state index contributed by atoms with van der Waals surface area (Å²) in [7, 11) is -3.56. The van der Waals surface area contributed by atoms with Gasteiger partial charge in [0.1, 0.15) is 5.82 Å². The maximum atomic E-state index is 13.3. The highest BCUT2D eigenvalue weighted by molar-refractivity contribution is 7.89. The molecule has 1 aliphatic rings. The smallest absolute Gasteiger partial charge is 0.243 e. The van der Waals surface area contributed by atoms with Gasteiger partial charge in [0.05, 0.1) is 4.90 Å². The SMILES string of the molecule is O=S(=O)(c1ccccc1-c1ccccc1)N1CCN(c2ccccn2)CC1. The first-order valence-corrected chi connectivity index (χ1v) is 10.4. The van der Waals surface area contributed by atoms with E-state index in [2.05, 4.69) is 9.88 Å². The molecule has 0 unspecified atom stereocenters. The molecule has 0 aliphatic carbocycles. The van der Waals surface area contributed by atoms with Crippen LogP contribution in [0.2, 0.25) is 0 Å². The van der Waals surface area contributed by atoms with Crippen molar-refractivity contribution in [2.45, 2.75) is 4.90 Å². The number of piperazine rings is 1. The van der Waals surface area contributed by atoms with E-state index in [1.54, 1.807) is 22.6 Å². The van der Waals surface area contributed by atoms with E-state index in [9.17, 15) is 8.42 Å². The summed E-state index contributed by atoms with van der Waals surface area (Å²) in [6.07, 6.45) is 1.76. The van der Waals surface area contributed by atoms with E-state index in [1.165, 1.54) is 0 Å². The molecule has 1 aromatic heterocycles. The lowest BCUT2D eigenvalue weighted by Gasteiger charge is -2.35. The molecule has 0 spiro atoms. The number of sulfonamides is 1. The van der Waals surface area contributed by atoms with Gasteiger partial charge in [0, 0.05) is 37.9 Å². The van der Waals surface area contributed by atoms with Gasteiger partial charge in [-0.3, -0.25) is 0 Å². The average molecular weight is 379 g/mol. The Morgan fingerprint density at radius 3 is 2.11 bits per heavy atom. The molecule has 0 radical (unpaired) electrons. The third-order valence-corrected chi connectivity index (χ3v) is 6.76. The van der Waals surface area contributed by atoms with Gasteiger partial charge >= 0.3 is 0 Å². The lowest BCUT2D eigenvalue weighted by atomic mass is 10.1. The van der Waals surface area contributed by atoms with Crippen LogP contribution in [0.1, 0.15) is 0 Å². The minimum Gasteiger partial charge on any atom is -0.354 e. The van der Waals surface area contributed by atoms with Crippen LogP contribution in [-0.4, -0.2) is 43.9 Å². The number of pyridine rings is 1. The Kier molecular flexibility index (Phi) is 4.92. The Morgan fingerprint density at radius 2 is 1.41 bits per heavy atom. The number of hydrogen-bond donors (Lipinski definition) is 0. The van der Waals surface area contributed by atoms with Crippen molar-refractivity contribution < 1.29 is 8.42 Å². The fraction of sp³-hybridized carbons (Fsp3) is 0.190. The van der Waals surface area contributed by atoms with Crippen LogP contribution in [0, 0.1) is 0 Å². The van der Waals surface area contributed by atoms with E-state index < -0.39 is 10.0 Å². The third-order valence-electron chi connectivity index (χ3n) is 4.80. The summed E-state index contributed by atoms with van der Waals surface area (Å²) in [5, 5.41) is 0. The van der Waals surface area contributed by atoms with Crippen molar-refractivity contribution in [2.75, 3.05) is 31.1 Å². The normalized spacial score (nSPS) is 15.6. The lowest BCUT2D eigenvalue weighted by molar-refractivity contribution is 0.384. The van der Waals surface area contributed by atoms with E-state index in [4.69, 9.17) is 0 Å². The molecule has 1 aliphatic heterocycles. The number of anilines is 1. The van der Waals surface area contributed by atoms with E-state index in [1.807, 2.05) is 60.7 Å². The van der Waals surface area contributed by atoms with Crippen LogP contribution >= 0.6 is 0 Å². The second-order valence-electron chi connectivity index (χ2n) is 6.44. The quantitative estimate of drug-likeness (QED) is 0.698. The van der Waals surface area contributed by atoms with Crippen molar-refractivity contribution in [3.8, 4) is 11.1 Å². The fourth-order valence-corrected chi connectivity index (χ4v) is 5.02.